The Kier molecular flexibility index (Phi) is 3.77. The van der Waals surface area contributed by atoms with Gasteiger partial charge in [-0.1, -0.05) is 43.5 Å². The van der Waals surface area contributed by atoms with E-state index in [2.05, 4.69) is 24.3 Å². The van der Waals surface area contributed by atoms with E-state index < -0.39 is 0 Å². The van der Waals surface area contributed by atoms with Gasteiger partial charge >= 0.3 is 0 Å². The third-order valence-electron chi connectivity index (χ3n) is 3.36. The summed E-state index contributed by atoms with van der Waals surface area (Å²) in [6, 6.07) is 10.7. The normalized spacial score (nSPS) is 17.4. The average molecular weight is 211 g/mol. The van der Waals surface area contributed by atoms with Crippen LogP contribution in [0, 0.1) is 11.3 Å². The minimum atomic E-state index is 0.766. The molecule has 1 saturated carbocycles. The zero-order valence-corrected chi connectivity index (χ0v) is 9.52. The van der Waals surface area contributed by atoms with Crippen LogP contribution in [-0.2, 0) is 0 Å². The lowest BCUT2D eigenvalue weighted by Crippen LogP contribution is -2.04. The van der Waals surface area contributed by atoms with Crippen molar-refractivity contribution in [3.8, 4) is 6.07 Å². The fraction of sp³-hybridized carbons (Fsp3) is 0.400. The van der Waals surface area contributed by atoms with Gasteiger partial charge in [0.2, 0.25) is 0 Å². The third-order valence-corrected chi connectivity index (χ3v) is 3.36. The lowest BCUT2D eigenvalue weighted by molar-refractivity contribution is 0.443. The van der Waals surface area contributed by atoms with Crippen LogP contribution in [0.15, 0.2) is 30.3 Å². The van der Waals surface area contributed by atoms with Crippen LogP contribution < -0.4 is 0 Å². The van der Waals surface area contributed by atoms with Gasteiger partial charge in [-0.05, 0) is 36.0 Å². The highest BCUT2D eigenvalue weighted by atomic mass is 14.2. The van der Waals surface area contributed by atoms with E-state index in [9.17, 15) is 0 Å². The summed E-state index contributed by atoms with van der Waals surface area (Å²) < 4.78 is 0. The molecule has 0 aliphatic heterocycles. The van der Waals surface area contributed by atoms with Gasteiger partial charge in [-0.25, -0.2) is 0 Å². The Morgan fingerprint density at radius 1 is 1.06 bits per heavy atom. The van der Waals surface area contributed by atoms with Crippen LogP contribution >= 0.6 is 0 Å². The first-order valence-corrected chi connectivity index (χ1v) is 6.06. The van der Waals surface area contributed by atoms with E-state index >= 15 is 0 Å². The van der Waals surface area contributed by atoms with E-state index in [4.69, 9.17) is 5.26 Å². The van der Waals surface area contributed by atoms with E-state index in [1.165, 1.54) is 43.7 Å². The van der Waals surface area contributed by atoms with Crippen LogP contribution in [0.1, 0.15) is 49.1 Å². The van der Waals surface area contributed by atoms with E-state index in [0.29, 0.717) is 0 Å². The van der Waals surface area contributed by atoms with Crippen molar-refractivity contribution in [1.82, 2.24) is 0 Å². The van der Waals surface area contributed by atoms with E-state index in [0.717, 1.165) is 11.5 Å². The van der Waals surface area contributed by atoms with E-state index in [1.807, 2.05) is 12.1 Å². The van der Waals surface area contributed by atoms with Crippen molar-refractivity contribution in [3.63, 3.8) is 0 Å². The van der Waals surface area contributed by atoms with Crippen molar-refractivity contribution >= 4 is 6.08 Å². The van der Waals surface area contributed by atoms with E-state index in [-0.39, 0.29) is 0 Å². The summed E-state index contributed by atoms with van der Waals surface area (Å²) in [7, 11) is 0. The Morgan fingerprint density at radius 2 is 1.75 bits per heavy atom. The molecule has 0 unspecified atom stereocenters. The Bertz CT molecular complexity index is 388. The van der Waals surface area contributed by atoms with Gasteiger partial charge in [0.25, 0.3) is 0 Å². The number of nitriles is 1. The SMILES string of the molecule is N#C/C=C/c1ccc(C2CCCCC2)cc1. The Balaban J connectivity index is 2.06. The summed E-state index contributed by atoms with van der Waals surface area (Å²) in [5.41, 5.74) is 2.58. The Labute approximate surface area is 97.4 Å². The molecule has 1 aliphatic rings. The highest BCUT2D eigenvalue weighted by molar-refractivity contribution is 5.52. The van der Waals surface area contributed by atoms with Crippen molar-refractivity contribution in [3.05, 3.63) is 41.5 Å². The van der Waals surface area contributed by atoms with Crippen molar-refractivity contribution in [1.29, 1.82) is 5.26 Å². The van der Waals surface area contributed by atoms with Crippen molar-refractivity contribution in [2.75, 3.05) is 0 Å². The molecule has 0 atom stereocenters. The van der Waals surface area contributed by atoms with Crippen LogP contribution in [0.25, 0.3) is 6.08 Å². The van der Waals surface area contributed by atoms with E-state index in [1.54, 1.807) is 0 Å². The molecule has 1 nitrogen and oxygen atoms in total. The van der Waals surface area contributed by atoms with Crippen molar-refractivity contribution < 1.29 is 0 Å². The number of benzene rings is 1. The quantitative estimate of drug-likeness (QED) is 0.670. The summed E-state index contributed by atoms with van der Waals surface area (Å²) in [6.45, 7) is 0. The van der Waals surface area contributed by atoms with Crippen LogP contribution in [-0.4, -0.2) is 0 Å². The van der Waals surface area contributed by atoms with Crippen LogP contribution in [0.4, 0.5) is 0 Å². The highest BCUT2D eigenvalue weighted by Crippen LogP contribution is 2.32. The Morgan fingerprint density at radius 3 is 2.38 bits per heavy atom. The molecule has 0 amide bonds. The predicted octanol–water partition coefficient (Wildman–Crippen LogP) is 4.27. The average Bonchev–Trinajstić information content (AvgIpc) is 2.38. The molecular weight excluding hydrogens is 194 g/mol. The van der Waals surface area contributed by atoms with Crippen LogP contribution in [0.3, 0.4) is 0 Å². The maximum Gasteiger partial charge on any atom is 0.0912 e. The minimum Gasteiger partial charge on any atom is -0.193 e. The van der Waals surface area contributed by atoms with Gasteiger partial charge in [-0.2, -0.15) is 5.26 Å². The van der Waals surface area contributed by atoms with Gasteiger partial charge in [0.1, 0.15) is 0 Å². The smallest absolute Gasteiger partial charge is 0.0912 e. The molecule has 0 N–H and O–H groups in total. The fourth-order valence-electron chi connectivity index (χ4n) is 2.45. The summed E-state index contributed by atoms with van der Waals surface area (Å²) >= 11 is 0. The molecule has 1 heteroatoms. The molecule has 0 aromatic heterocycles. The van der Waals surface area contributed by atoms with Gasteiger partial charge in [0.05, 0.1) is 6.07 Å². The van der Waals surface area contributed by atoms with Gasteiger partial charge in [-0.15, -0.1) is 0 Å². The van der Waals surface area contributed by atoms with Crippen LogP contribution in [0.5, 0.6) is 0 Å². The first-order valence-electron chi connectivity index (χ1n) is 6.06. The molecule has 0 spiro atoms. The van der Waals surface area contributed by atoms with Crippen molar-refractivity contribution in [2.24, 2.45) is 0 Å². The molecule has 0 radical (unpaired) electrons. The molecule has 1 aromatic carbocycles. The summed E-state index contributed by atoms with van der Waals surface area (Å²) in [6.07, 6.45) is 10.2. The largest absolute Gasteiger partial charge is 0.193 e. The molecule has 16 heavy (non-hydrogen) atoms. The third kappa shape index (κ3) is 2.73. The molecule has 82 valence electrons. The Hall–Kier alpha value is -1.55. The fourth-order valence-corrected chi connectivity index (χ4v) is 2.45. The van der Waals surface area contributed by atoms with Gasteiger partial charge in [0, 0.05) is 6.08 Å². The first kappa shape index (κ1) is 11.0. The zero-order chi connectivity index (χ0) is 11.2. The predicted molar refractivity (Wildman–Crippen MR) is 66.9 cm³/mol. The zero-order valence-electron chi connectivity index (χ0n) is 9.52. The summed E-state index contributed by atoms with van der Waals surface area (Å²) in [5, 5.41) is 8.45. The minimum absolute atomic E-state index is 0.766. The van der Waals surface area contributed by atoms with Gasteiger partial charge in [0.15, 0.2) is 0 Å². The molecular formula is C15H17N. The second kappa shape index (κ2) is 5.51. The molecule has 1 aliphatic carbocycles. The molecule has 1 fully saturated rings. The number of allylic oxidation sites excluding steroid dienone is 1. The van der Waals surface area contributed by atoms with Crippen molar-refractivity contribution in [2.45, 2.75) is 38.0 Å². The lowest BCUT2D eigenvalue weighted by Gasteiger charge is -2.21. The lowest BCUT2D eigenvalue weighted by atomic mass is 9.84. The number of nitrogens with zero attached hydrogens (tertiary/aromatic N) is 1. The van der Waals surface area contributed by atoms with Gasteiger partial charge in [-0.3, -0.25) is 0 Å². The van der Waals surface area contributed by atoms with Gasteiger partial charge < -0.3 is 0 Å². The monoisotopic (exact) mass is 211 g/mol. The molecule has 0 bridgehead atoms. The first-order chi connectivity index (χ1) is 7.90. The number of hydrogen-bond donors (Lipinski definition) is 0. The maximum atomic E-state index is 8.45. The maximum absolute atomic E-state index is 8.45. The second-order valence-electron chi connectivity index (χ2n) is 4.46. The number of hydrogen-bond acceptors (Lipinski definition) is 1. The second-order valence-corrected chi connectivity index (χ2v) is 4.46. The molecule has 0 heterocycles. The topological polar surface area (TPSA) is 23.8 Å². The summed E-state index contributed by atoms with van der Waals surface area (Å²) in [4.78, 5) is 0. The number of rotatable bonds is 2. The standard InChI is InChI=1S/C15H17N/c16-12-4-5-13-8-10-15(11-9-13)14-6-2-1-3-7-14/h4-5,8-11,14H,1-3,6-7H2/b5-4+. The molecule has 2 rings (SSSR count). The molecule has 0 saturated heterocycles. The van der Waals surface area contributed by atoms with Crippen LogP contribution in [0.2, 0.25) is 0 Å². The highest BCUT2D eigenvalue weighted by Gasteiger charge is 2.14. The molecule has 1 aromatic rings. The summed E-state index contributed by atoms with van der Waals surface area (Å²) in [5.74, 6) is 0.766.